The van der Waals surface area contributed by atoms with Gasteiger partial charge in [-0.15, -0.1) is 10.2 Å². The van der Waals surface area contributed by atoms with Gasteiger partial charge in [0.05, 0.1) is 6.54 Å². The highest BCUT2D eigenvalue weighted by molar-refractivity contribution is 9.10. The van der Waals surface area contributed by atoms with Crippen molar-refractivity contribution in [3.63, 3.8) is 0 Å². The fraction of sp³-hybridized carbons (Fsp3) is 0.0870. The third-order valence-electron chi connectivity index (χ3n) is 4.51. The Hall–Kier alpha value is -2.97. The molecule has 1 aromatic heterocycles. The van der Waals surface area contributed by atoms with E-state index in [9.17, 15) is 9.18 Å². The Morgan fingerprint density at radius 2 is 1.68 bits per heavy atom. The van der Waals surface area contributed by atoms with Crippen molar-refractivity contribution >= 4 is 33.6 Å². The molecule has 8 heteroatoms. The first-order valence-corrected chi connectivity index (χ1v) is 11.3. The highest BCUT2D eigenvalue weighted by Crippen LogP contribution is 2.26. The van der Waals surface area contributed by atoms with Gasteiger partial charge in [0.2, 0.25) is 0 Å². The average Bonchev–Trinajstić information content (AvgIpc) is 3.21. The zero-order valence-corrected chi connectivity index (χ0v) is 18.7. The smallest absolute Gasteiger partial charge is 0.251 e. The summed E-state index contributed by atoms with van der Waals surface area (Å²) in [5, 5.41) is 12.1. The van der Waals surface area contributed by atoms with Crippen LogP contribution in [-0.4, -0.2) is 20.7 Å². The Morgan fingerprint density at radius 3 is 2.39 bits per heavy atom. The SMILES string of the molecule is O=C(NCc1nnc(SCc2ccc(Br)cc2)n1-c1ccc(F)cc1)c1ccccc1. The summed E-state index contributed by atoms with van der Waals surface area (Å²) in [7, 11) is 0. The summed E-state index contributed by atoms with van der Waals surface area (Å²) in [6.45, 7) is 0.191. The fourth-order valence-electron chi connectivity index (χ4n) is 2.94. The summed E-state index contributed by atoms with van der Waals surface area (Å²) in [4.78, 5) is 12.4. The minimum Gasteiger partial charge on any atom is -0.345 e. The lowest BCUT2D eigenvalue weighted by Crippen LogP contribution is -2.24. The van der Waals surface area contributed by atoms with E-state index in [2.05, 4.69) is 31.4 Å². The fourth-order valence-corrected chi connectivity index (χ4v) is 4.13. The molecular formula is C23H18BrFN4OS. The molecule has 4 aromatic rings. The molecule has 156 valence electrons. The molecule has 4 rings (SSSR count). The Labute approximate surface area is 191 Å². The largest absolute Gasteiger partial charge is 0.345 e. The van der Waals surface area contributed by atoms with Crippen molar-refractivity contribution in [2.24, 2.45) is 0 Å². The zero-order valence-electron chi connectivity index (χ0n) is 16.3. The quantitative estimate of drug-likeness (QED) is 0.348. The van der Waals surface area contributed by atoms with E-state index in [1.54, 1.807) is 24.3 Å². The molecule has 31 heavy (non-hydrogen) atoms. The number of carbonyl (C=O) groups excluding carboxylic acids is 1. The van der Waals surface area contributed by atoms with E-state index in [1.165, 1.54) is 23.9 Å². The van der Waals surface area contributed by atoms with Gasteiger partial charge in [0, 0.05) is 21.5 Å². The molecule has 0 fully saturated rings. The molecule has 0 bridgehead atoms. The molecule has 3 aromatic carbocycles. The maximum Gasteiger partial charge on any atom is 0.251 e. The van der Waals surface area contributed by atoms with Crippen LogP contribution in [0.4, 0.5) is 4.39 Å². The molecule has 0 aliphatic carbocycles. The molecule has 1 amide bonds. The molecular weight excluding hydrogens is 479 g/mol. The summed E-state index contributed by atoms with van der Waals surface area (Å²) in [6.07, 6.45) is 0. The lowest BCUT2D eigenvalue weighted by Gasteiger charge is -2.11. The Bertz CT molecular complexity index is 1160. The maximum absolute atomic E-state index is 13.5. The van der Waals surface area contributed by atoms with E-state index in [-0.39, 0.29) is 18.3 Å². The van der Waals surface area contributed by atoms with Crippen LogP contribution < -0.4 is 5.32 Å². The number of nitrogens with zero attached hydrogens (tertiary/aromatic N) is 3. The Morgan fingerprint density at radius 1 is 0.968 bits per heavy atom. The number of hydrogen-bond acceptors (Lipinski definition) is 4. The summed E-state index contributed by atoms with van der Waals surface area (Å²) >= 11 is 4.96. The third-order valence-corrected chi connectivity index (χ3v) is 6.04. The van der Waals surface area contributed by atoms with E-state index in [4.69, 9.17) is 0 Å². The lowest BCUT2D eigenvalue weighted by atomic mass is 10.2. The first-order chi connectivity index (χ1) is 15.1. The second kappa shape index (κ2) is 9.89. The lowest BCUT2D eigenvalue weighted by molar-refractivity contribution is 0.0949. The van der Waals surface area contributed by atoms with E-state index in [1.807, 2.05) is 47.0 Å². The van der Waals surface area contributed by atoms with E-state index < -0.39 is 0 Å². The summed E-state index contributed by atoms with van der Waals surface area (Å²) < 4.78 is 16.3. The van der Waals surface area contributed by atoms with Crippen LogP contribution in [0.25, 0.3) is 5.69 Å². The average molecular weight is 497 g/mol. The van der Waals surface area contributed by atoms with Crippen molar-refractivity contribution in [1.82, 2.24) is 20.1 Å². The zero-order chi connectivity index (χ0) is 21.6. The first kappa shape index (κ1) is 21.3. The number of hydrogen-bond donors (Lipinski definition) is 1. The van der Waals surface area contributed by atoms with Crippen LogP contribution in [0.15, 0.2) is 88.5 Å². The molecule has 0 aliphatic heterocycles. The number of benzene rings is 3. The van der Waals surface area contributed by atoms with Gasteiger partial charge >= 0.3 is 0 Å². The molecule has 5 nitrogen and oxygen atoms in total. The van der Waals surface area contributed by atoms with Crippen LogP contribution in [-0.2, 0) is 12.3 Å². The second-order valence-electron chi connectivity index (χ2n) is 6.67. The molecule has 0 atom stereocenters. The van der Waals surface area contributed by atoms with Gasteiger partial charge in [-0.25, -0.2) is 4.39 Å². The van der Waals surface area contributed by atoms with Gasteiger partial charge in [0.15, 0.2) is 11.0 Å². The van der Waals surface area contributed by atoms with Gasteiger partial charge in [-0.2, -0.15) is 0 Å². The van der Waals surface area contributed by atoms with E-state index in [0.29, 0.717) is 22.3 Å². The number of aromatic nitrogens is 3. The molecule has 1 heterocycles. The van der Waals surface area contributed by atoms with Crippen molar-refractivity contribution in [3.8, 4) is 5.69 Å². The topological polar surface area (TPSA) is 59.8 Å². The summed E-state index contributed by atoms with van der Waals surface area (Å²) in [5.41, 5.74) is 2.44. The Kier molecular flexibility index (Phi) is 6.79. The number of thioether (sulfide) groups is 1. The predicted molar refractivity (Wildman–Crippen MR) is 123 cm³/mol. The monoisotopic (exact) mass is 496 g/mol. The number of carbonyl (C=O) groups is 1. The van der Waals surface area contributed by atoms with Gasteiger partial charge in [-0.1, -0.05) is 58.0 Å². The van der Waals surface area contributed by atoms with Gasteiger partial charge < -0.3 is 5.32 Å². The number of halogens is 2. The van der Waals surface area contributed by atoms with Crippen LogP contribution in [0.1, 0.15) is 21.7 Å². The van der Waals surface area contributed by atoms with Crippen molar-refractivity contribution < 1.29 is 9.18 Å². The Balaban J connectivity index is 1.56. The normalized spacial score (nSPS) is 10.8. The van der Waals surface area contributed by atoms with E-state index in [0.717, 1.165) is 15.7 Å². The van der Waals surface area contributed by atoms with Crippen LogP contribution in [0.2, 0.25) is 0 Å². The minimum absolute atomic E-state index is 0.191. The summed E-state index contributed by atoms with van der Waals surface area (Å²) in [6, 6.07) is 23.2. The minimum atomic E-state index is -0.320. The first-order valence-electron chi connectivity index (χ1n) is 9.51. The van der Waals surface area contributed by atoms with Gasteiger partial charge in [-0.3, -0.25) is 9.36 Å². The molecule has 0 saturated carbocycles. The van der Waals surface area contributed by atoms with Crippen LogP contribution in [0.5, 0.6) is 0 Å². The standard InChI is InChI=1S/C23H18BrFN4OS/c24-18-8-6-16(7-9-18)15-31-23-28-27-21(29(23)20-12-10-19(25)11-13-20)14-26-22(30)17-4-2-1-3-5-17/h1-13H,14-15H2,(H,26,30). The molecule has 1 N–H and O–H groups in total. The predicted octanol–water partition coefficient (Wildman–Crippen LogP) is 5.39. The number of amides is 1. The maximum atomic E-state index is 13.5. The molecule has 0 saturated heterocycles. The van der Waals surface area contributed by atoms with Crippen molar-refractivity contribution in [2.75, 3.05) is 0 Å². The van der Waals surface area contributed by atoms with Gasteiger partial charge in [0.25, 0.3) is 5.91 Å². The number of nitrogens with one attached hydrogen (secondary N) is 1. The van der Waals surface area contributed by atoms with Gasteiger partial charge in [0.1, 0.15) is 5.82 Å². The molecule has 0 aliphatic rings. The highest BCUT2D eigenvalue weighted by Gasteiger charge is 2.16. The highest BCUT2D eigenvalue weighted by atomic mass is 79.9. The second-order valence-corrected chi connectivity index (χ2v) is 8.53. The van der Waals surface area contributed by atoms with Crippen LogP contribution in [0.3, 0.4) is 0 Å². The summed E-state index contributed by atoms with van der Waals surface area (Å²) in [5.74, 6) is 0.746. The molecule has 0 radical (unpaired) electrons. The van der Waals surface area contributed by atoms with Crippen molar-refractivity contribution in [2.45, 2.75) is 17.5 Å². The van der Waals surface area contributed by atoms with Crippen molar-refractivity contribution in [3.05, 3.63) is 106 Å². The van der Waals surface area contributed by atoms with Gasteiger partial charge in [-0.05, 0) is 54.1 Å². The van der Waals surface area contributed by atoms with Crippen molar-refractivity contribution in [1.29, 1.82) is 0 Å². The third kappa shape index (κ3) is 5.39. The van der Waals surface area contributed by atoms with E-state index >= 15 is 0 Å². The van der Waals surface area contributed by atoms with Crippen LogP contribution >= 0.6 is 27.7 Å². The van der Waals surface area contributed by atoms with Crippen LogP contribution in [0, 0.1) is 5.82 Å². The number of rotatable bonds is 7. The molecule has 0 unspecified atom stereocenters. The molecule has 0 spiro atoms.